The van der Waals surface area contributed by atoms with E-state index in [2.05, 4.69) is 52.2 Å². The van der Waals surface area contributed by atoms with E-state index < -0.39 is 101 Å². The summed E-state index contributed by atoms with van der Waals surface area (Å²) in [6.07, 6.45) is 4.43. The zero-order valence-corrected chi connectivity index (χ0v) is 39.8. The maximum atomic E-state index is 14.4. The molecule has 23 heteroatoms. The van der Waals surface area contributed by atoms with Gasteiger partial charge in [-0.3, -0.25) is 38.6 Å². The summed E-state index contributed by atoms with van der Waals surface area (Å²) in [5.41, 5.74) is 12.0. The molecule has 1 aromatic carbocycles. The molecule has 0 aliphatic carbocycles. The Balaban J connectivity index is 1.83. The summed E-state index contributed by atoms with van der Waals surface area (Å²) < 4.78 is 5.25. The first kappa shape index (κ1) is 55.7. The van der Waals surface area contributed by atoms with Crippen molar-refractivity contribution in [2.75, 3.05) is 40.4 Å². The second-order valence-corrected chi connectivity index (χ2v) is 17.2. The third-order valence-corrected chi connectivity index (χ3v) is 11.5. The number of hydrogen-bond donors (Lipinski definition) is 11. The molecule has 0 unspecified atom stereocenters. The number of nitrogens with one attached hydrogen (secondary N) is 8. The number of aromatic nitrogens is 2. The minimum absolute atomic E-state index is 0.0249. The number of aliphatic carboxylic acids is 1. The second kappa shape index (κ2) is 28.5. The van der Waals surface area contributed by atoms with Gasteiger partial charge in [0.05, 0.1) is 12.9 Å². The quantitative estimate of drug-likeness (QED) is 0.0243. The largest absolute Gasteiger partial charge is 0.480 e. The van der Waals surface area contributed by atoms with E-state index in [1.165, 1.54) is 24.5 Å². The normalized spacial score (nSPS) is 16.5. The lowest BCUT2D eigenvalue weighted by molar-refractivity contribution is -0.145. The molecule has 376 valence electrons. The number of nitrogens with zero attached hydrogens (tertiary/aromatic N) is 3. The lowest BCUT2D eigenvalue weighted by Crippen LogP contribution is -2.61. The predicted molar refractivity (Wildman–Crippen MR) is 251 cm³/mol. The van der Waals surface area contributed by atoms with E-state index in [0.717, 1.165) is 0 Å². The van der Waals surface area contributed by atoms with Gasteiger partial charge >= 0.3 is 5.97 Å². The van der Waals surface area contributed by atoms with Crippen molar-refractivity contribution >= 4 is 53.3 Å². The zero-order chi connectivity index (χ0) is 50.3. The molecule has 2 heterocycles. The van der Waals surface area contributed by atoms with Crippen LogP contribution in [0.5, 0.6) is 0 Å². The molecule has 23 nitrogen and oxygen atoms in total. The highest BCUT2D eigenvalue weighted by molar-refractivity contribution is 5.98. The van der Waals surface area contributed by atoms with Gasteiger partial charge in [-0.1, -0.05) is 64.4 Å². The molecular weight excluding hydrogens is 883 g/mol. The van der Waals surface area contributed by atoms with Gasteiger partial charge in [0.2, 0.25) is 41.4 Å². The van der Waals surface area contributed by atoms with E-state index in [1.54, 1.807) is 58.2 Å². The SMILES string of the molecule is CC[C@H](C)[C@H](NC(=O)[C@H](CCOC)NC(=O)[C@@H](NC(=O)[C@H](CCCN=C(N)N)NC(=O)CNC)C(C)C)C(=O)N[C@@H](Cc1cnc[nH]1)C(=O)N1CCC[C@H]1C(=O)N[C@@H](Cc1ccccc1)C(=O)O. The standard InChI is InChI=1S/C45H71N13O10/c1-7-27(4)37(57-39(61)31(17-20-68-6)53-41(63)36(26(2)3)56-38(60)30(52-35(59)24-48-5)15-11-18-50-45(46)47)42(64)54-32(22-29-23-49-25-51-29)43(65)58-19-12-16-34(58)40(62)55-33(44(66)67)21-28-13-9-8-10-14-28/h8-10,13-14,23,25-27,30-34,36-37,48H,7,11-12,15-22,24H2,1-6H3,(H,49,51)(H,52,59)(H,53,63)(H,54,64)(H,55,62)(H,56,60)(H,57,61)(H,66,67)(H4,46,47,50)/t27-,30-,31-,32-,33-,34-,36-,37-/m0/s1. The molecule has 8 atom stereocenters. The minimum Gasteiger partial charge on any atom is -0.480 e. The lowest BCUT2D eigenvalue weighted by Gasteiger charge is -2.32. The average Bonchev–Trinajstić information content (AvgIpc) is 4.02. The Labute approximate surface area is 396 Å². The maximum absolute atomic E-state index is 14.4. The molecule has 1 fully saturated rings. The summed E-state index contributed by atoms with van der Waals surface area (Å²) in [4.78, 5) is 121. The second-order valence-electron chi connectivity index (χ2n) is 17.2. The first-order chi connectivity index (χ1) is 32.4. The van der Waals surface area contributed by atoms with Crippen LogP contribution in [-0.4, -0.2) is 156 Å². The smallest absolute Gasteiger partial charge is 0.326 e. The first-order valence-corrected chi connectivity index (χ1v) is 22.9. The summed E-state index contributed by atoms with van der Waals surface area (Å²) in [5, 5.41) is 28.9. The van der Waals surface area contributed by atoms with Gasteiger partial charge in [-0.25, -0.2) is 9.78 Å². The molecular formula is C45H71N13O10. The Morgan fingerprint density at radius 2 is 1.50 bits per heavy atom. The minimum atomic E-state index is -1.26. The number of carbonyl (C=O) groups is 8. The number of aromatic amines is 1. The number of methoxy groups -OCH3 is 1. The topological polar surface area (TPSA) is 347 Å². The summed E-state index contributed by atoms with van der Waals surface area (Å²) in [6, 6.07) is 0.597. The third-order valence-electron chi connectivity index (χ3n) is 11.5. The Hall–Kier alpha value is -6.62. The Bertz CT molecular complexity index is 2000. The fourth-order valence-electron chi connectivity index (χ4n) is 7.59. The number of aliphatic imine (C=N–C) groups is 1. The molecule has 1 aromatic heterocycles. The molecule has 68 heavy (non-hydrogen) atoms. The summed E-state index contributed by atoms with van der Waals surface area (Å²) in [7, 11) is 2.99. The number of ether oxygens (including phenoxy) is 1. The van der Waals surface area contributed by atoms with Gasteiger partial charge in [0.25, 0.3) is 0 Å². The summed E-state index contributed by atoms with van der Waals surface area (Å²) in [6.45, 7) is 7.26. The van der Waals surface area contributed by atoms with Crippen LogP contribution in [0.1, 0.15) is 77.5 Å². The summed E-state index contributed by atoms with van der Waals surface area (Å²) in [5.74, 6) is -6.85. The van der Waals surface area contributed by atoms with Crippen LogP contribution in [-0.2, 0) is 55.9 Å². The van der Waals surface area contributed by atoms with Gasteiger partial charge < -0.3 is 68.4 Å². The number of amides is 7. The van der Waals surface area contributed by atoms with Crippen LogP contribution in [0.4, 0.5) is 0 Å². The number of nitrogens with two attached hydrogens (primary N) is 2. The highest BCUT2D eigenvalue weighted by Crippen LogP contribution is 2.21. The van der Waals surface area contributed by atoms with E-state index in [4.69, 9.17) is 16.2 Å². The van der Waals surface area contributed by atoms with Crippen LogP contribution < -0.4 is 48.7 Å². The molecule has 13 N–H and O–H groups in total. The monoisotopic (exact) mass is 954 g/mol. The number of likely N-dealkylation sites (tertiary alicyclic amines) is 1. The number of carboxylic acids is 1. The van der Waals surface area contributed by atoms with Crippen LogP contribution >= 0.6 is 0 Å². The molecule has 0 bridgehead atoms. The van der Waals surface area contributed by atoms with Crippen molar-refractivity contribution in [3.8, 4) is 0 Å². The van der Waals surface area contributed by atoms with Crippen LogP contribution in [0.25, 0.3) is 0 Å². The third kappa shape index (κ3) is 17.9. The fourth-order valence-corrected chi connectivity index (χ4v) is 7.59. The molecule has 1 saturated heterocycles. The van der Waals surface area contributed by atoms with Crippen molar-refractivity contribution in [3.63, 3.8) is 0 Å². The van der Waals surface area contributed by atoms with Crippen LogP contribution in [0, 0.1) is 11.8 Å². The van der Waals surface area contributed by atoms with E-state index in [-0.39, 0.29) is 64.3 Å². The van der Waals surface area contributed by atoms with Crippen molar-refractivity contribution < 1.29 is 48.2 Å². The number of rotatable bonds is 29. The zero-order valence-electron chi connectivity index (χ0n) is 39.8. The van der Waals surface area contributed by atoms with Gasteiger partial charge in [0, 0.05) is 51.5 Å². The number of hydrogen-bond acceptors (Lipinski definition) is 12. The van der Waals surface area contributed by atoms with Gasteiger partial charge in [0.1, 0.15) is 42.3 Å². The number of benzene rings is 1. The lowest BCUT2D eigenvalue weighted by atomic mass is 9.96. The highest BCUT2D eigenvalue weighted by Gasteiger charge is 2.41. The van der Waals surface area contributed by atoms with Crippen LogP contribution in [0.3, 0.4) is 0 Å². The summed E-state index contributed by atoms with van der Waals surface area (Å²) >= 11 is 0. The van der Waals surface area contributed by atoms with Gasteiger partial charge in [-0.15, -0.1) is 0 Å². The van der Waals surface area contributed by atoms with E-state index in [0.29, 0.717) is 30.5 Å². The average molecular weight is 954 g/mol. The van der Waals surface area contributed by atoms with Crippen molar-refractivity contribution in [3.05, 3.63) is 54.1 Å². The number of guanidine groups is 1. The van der Waals surface area contributed by atoms with E-state index >= 15 is 0 Å². The number of carbonyl (C=O) groups excluding carboxylic acids is 7. The molecule has 0 saturated carbocycles. The van der Waals surface area contributed by atoms with Gasteiger partial charge in [-0.05, 0) is 56.6 Å². The van der Waals surface area contributed by atoms with Crippen molar-refractivity contribution in [1.82, 2.24) is 52.1 Å². The Morgan fingerprint density at radius 1 is 0.853 bits per heavy atom. The molecule has 1 aliphatic heterocycles. The van der Waals surface area contributed by atoms with Gasteiger partial charge in [0.15, 0.2) is 5.96 Å². The van der Waals surface area contributed by atoms with Crippen molar-refractivity contribution in [1.29, 1.82) is 0 Å². The molecule has 3 rings (SSSR count). The van der Waals surface area contributed by atoms with E-state index in [9.17, 15) is 43.5 Å². The predicted octanol–water partition coefficient (Wildman–Crippen LogP) is -1.81. The van der Waals surface area contributed by atoms with Crippen molar-refractivity contribution in [2.24, 2.45) is 28.3 Å². The number of imidazole rings is 1. The molecule has 7 amide bonds. The molecule has 2 aromatic rings. The maximum Gasteiger partial charge on any atom is 0.326 e. The number of carboxylic acid groups (broad SMARTS) is 1. The number of likely N-dealkylation sites (N-methyl/N-ethyl adjacent to an activating group) is 1. The first-order valence-electron chi connectivity index (χ1n) is 22.9. The number of H-pyrrole nitrogens is 1. The highest BCUT2D eigenvalue weighted by atomic mass is 16.5. The Kier molecular flexibility index (Phi) is 23.4. The van der Waals surface area contributed by atoms with Crippen LogP contribution in [0.15, 0.2) is 47.8 Å². The van der Waals surface area contributed by atoms with Crippen molar-refractivity contribution in [2.45, 2.75) is 121 Å². The molecule has 0 radical (unpaired) electrons. The van der Waals surface area contributed by atoms with E-state index in [1.807, 2.05) is 6.92 Å². The molecule has 1 aliphatic rings. The fraction of sp³-hybridized carbons (Fsp3) is 0.600. The van der Waals surface area contributed by atoms with Gasteiger partial charge in [-0.2, -0.15) is 0 Å². The van der Waals surface area contributed by atoms with Crippen LogP contribution in [0.2, 0.25) is 0 Å². The Morgan fingerprint density at radius 3 is 2.09 bits per heavy atom. The molecule has 0 spiro atoms.